The first-order valence-electron chi connectivity index (χ1n) is 10.1. The second kappa shape index (κ2) is 8.69. The van der Waals surface area contributed by atoms with Crippen LogP contribution in [0.3, 0.4) is 0 Å². The van der Waals surface area contributed by atoms with Crippen LogP contribution in [0, 0.1) is 6.92 Å². The molecule has 0 bridgehead atoms. The average molecular weight is 408 g/mol. The number of benzene rings is 2. The number of hydrogen-bond donors (Lipinski definition) is 0. The Labute approximate surface area is 177 Å². The van der Waals surface area contributed by atoms with Crippen molar-refractivity contribution in [2.45, 2.75) is 59.7 Å². The van der Waals surface area contributed by atoms with E-state index in [1.807, 2.05) is 77.9 Å². The van der Waals surface area contributed by atoms with E-state index >= 15 is 0 Å². The molecule has 30 heavy (non-hydrogen) atoms. The van der Waals surface area contributed by atoms with Crippen LogP contribution < -0.4 is 4.74 Å². The zero-order valence-corrected chi connectivity index (χ0v) is 18.5. The van der Waals surface area contributed by atoms with E-state index in [1.54, 1.807) is 17.0 Å². The van der Waals surface area contributed by atoms with Crippen molar-refractivity contribution in [1.82, 2.24) is 15.0 Å². The first kappa shape index (κ1) is 21.6. The predicted octanol–water partition coefficient (Wildman–Crippen LogP) is 5.27. The van der Waals surface area contributed by atoms with E-state index in [0.717, 1.165) is 11.1 Å². The van der Waals surface area contributed by atoms with Crippen molar-refractivity contribution in [3.8, 4) is 17.1 Å². The van der Waals surface area contributed by atoms with Crippen LogP contribution in [0.4, 0.5) is 0 Å². The molecule has 6 heteroatoms. The van der Waals surface area contributed by atoms with E-state index in [2.05, 4.69) is 10.1 Å². The number of carbonyl (C=O) groups is 1. The normalized spacial score (nSPS) is 11.6. The van der Waals surface area contributed by atoms with Gasteiger partial charge in [-0.25, -0.2) is 0 Å². The van der Waals surface area contributed by atoms with Crippen molar-refractivity contribution < 1.29 is 14.1 Å². The van der Waals surface area contributed by atoms with Gasteiger partial charge in [0.15, 0.2) is 0 Å². The van der Waals surface area contributed by atoms with Crippen molar-refractivity contribution in [3.63, 3.8) is 0 Å². The van der Waals surface area contributed by atoms with Gasteiger partial charge in [0.25, 0.3) is 5.91 Å². The largest absolute Gasteiger partial charge is 0.491 e. The molecule has 158 valence electrons. The molecule has 1 heterocycles. The van der Waals surface area contributed by atoms with Gasteiger partial charge in [-0.1, -0.05) is 41.1 Å². The molecule has 3 aromatic rings. The Bertz CT molecular complexity index is 1000. The molecule has 0 fully saturated rings. The van der Waals surface area contributed by atoms with Gasteiger partial charge in [0.1, 0.15) is 12.3 Å². The molecule has 0 saturated carbocycles. The fourth-order valence-electron chi connectivity index (χ4n) is 3.02. The number of carbonyl (C=O) groups excluding carboxylic acids is 1. The molecule has 0 N–H and O–H groups in total. The summed E-state index contributed by atoms with van der Waals surface area (Å²) in [5.41, 5.74) is 2.16. The minimum absolute atomic E-state index is 0.0349. The summed E-state index contributed by atoms with van der Waals surface area (Å²) in [4.78, 5) is 19.6. The summed E-state index contributed by atoms with van der Waals surface area (Å²) < 4.78 is 11.2. The minimum Gasteiger partial charge on any atom is -0.491 e. The molecule has 0 unspecified atom stereocenters. The number of nitrogens with zero attached hydrogens (tertiary/aromatic N) is 3. The van der Waals surface area contributed by atoms with Gasteiger partial charge in [-0.2, -0.15) is 4.98 Å². The molecule has 6 nitrogen and oxygen atoms in total. The highest BCUT2D eigenvalue weighted by atomic mass is 16.5. The van der Waals surface area contributed by atoms with Crippen molar-refractivity contribution in [2.24, 2.45) is 0 Å². The van der Waals surface area contributed by atoms with E-state index in [9.17, 15) is 4.79 Å². The van der Waals surface area contributed by atoms with Crippen LogP contribution in [0.5, 0.6) is 5.75 Å². The van der Waals surface area contributed by atoms with Gasteiger partial charge >= 0.3 is 0 Å². The molecule has 2 aromatic carbocycles. The van der Waals surface area contributed by atoms with Gasteiger partial charge < -0.3 is 14.2 Å². The van der Waals surface area contributed by atoms with Crippen LogP contribution in [-0.4, -0.2) is 32.6 Å². The van der Waals surface area contributed by atoms with Gasteiger partial charge in [0, 0.05) is 16.7 Å². The van der Waals surface area contributed by atoms with Crippen LogP contribution in [0.2, 0.25) is 0 Å². The third kappa shape index (κ3) is 5.26. The lowest BCUT2D eigenvalue weighted by atomic mass is 10.0. The Morgan fingerprint density at radius 1 is 1.13 bits per heavy atom. The van der Waals surface area contributed by atoms with Crippen molar-refractivity contribution in [3.05, 3.63) is 65.5 Å². The quantitative estimate of drug-likeness (QED) is 0.556. The summed E-state index contributed by atoms with van der Waals surface area (Å²) in [7, 11) is 0. The van der Waals surface area contributed by atoms with Crippen molar-refractivity contribution in [2.75, 3.05) is 0 Å². The Hall–Kier alpha value is -3.15. The predicted molar refractivity (Wildman–Crippen MR) is 116 cm³/mol. The number of amides is 1. The Morgan fingerprint density at radius 2 is 1.83 bits per heavy atom. The van der Waals surface area contributed by atoms with Crippen LogP contribution in [0.1, 0.15) is 56.4 Å². The summed E-state index contributed by atoms with van der Waals surface area (Å²) in [5.74, 6) is 1.46. The van der Waals surface area contributed by atoms with Gasteiger partial charge in [-0.15, -0.1) is 0 Å². The minimum atomic E-state index is -0.440. The molecule has 0 spiro atoms. The number of rotatable bonds is 6. The molecule has 0 saturated heterocycles. The van der Waals surface area contributed by atoms with E-state index in [4.69, 9.17) is 9.26 Å². The Balaban J connectivity index is 1.84. The Morgan fingerprint density at radius 3 is 2.47 bits per heavy atom. The van der Waals surface area contributed by atoms with Gasteiger partial charge in [0.2, 0.25) is 11.7 Å². The first-order valence-corrected chi connectivity index (χ1v) is 10.1. The zero-order chi connectivity index (χ0) is 21.9. The topological polar surface area (TPSA) is 68.5 Å². The summed E-state index contributed by atoms with van der Waals surface area (Å²) in [6, 6.07) is 15.2. The molecular weight excluding hydrogens is 378 g/mol. The summed E-state index contributed by atoms with van der Waals surface area (Å²) in [6.07, 6.45) is 0.0349. The lowest BCUT2D eigenvalue weighted by Gasteiger charge is -2.34. The van der Waals surface area contributed by atoms with Crippen molar-refractivity contribution in [1.29, 1.82) is 0 Å². The highest BCUT2D eigenvalue weighted by Gasteiger charge is 2.29. The number of aromatic nitrogens is 2. The molecule has 0 aliphatic carbocycles. The summed E-state index contributed by atoms with van der Waals surface area (Å²) >= 11 is 0. The maximum atomic E-state index is 13.3. The number of ether oxygens (including phenoxy) is 1. The maximum absolute atomic E-state index is 13.3. The molecule has 0 aliphatic rings. The Kier molecular flexibility index (Phi) is 6.25. The third-order valence-electron chi connectivity index (χ3n) is 4.58. The zero-order valence-electron chi connectivity index (χ0n) is 18.5. The van der Waals surface area contributed by atoms with Crippen LogP contribution in [-0.2, 0) is 6.54 Å². The highest BCUT2D eigenvalue weighted by molar-refractivity contribution is 5.95. The van der Waals surface area contributed by atoms with Gasteiger partial charge in [-0.05, 0) is 59.7 Å². The van der Waals surface area contributed by atoms with E-state index in [0.29, 0.717) is 23.0 Å². The van der Waals surface area contributed by atoms with E-state index < -0.39 is 5.54 Å². The van der Waals surface area contributed by atoms with Crippen LogP contribution >= 0.6 is 0 Å². The summed E-state index contributed by atoms with van der Waals surface area (Å²) in [5, 5.41) is 4.09. The molecular formula is C24H29N3O3. The standard InChI is InChI=1S/C24H29N3O3/c1-16(2)29-20-9-7-8-19(14-20)23(28)27(24(4,5)6)15-21-25-22(26-30-21)18-12-10-17(3)11-13-18/h7-14,16H,15H2,1-6H3. The number of aryl methyl sites for hydroxylation is 1. The smallest absolute Gasteiger partial charge is 0.254 e. The molecule has 0 atom stereocenters. The second-order valence-corrected chi connectivity index (χ2v) is 8.63. The lowest BCUT2D eigenvalue weighted by molar-refractivity contribution is 0.0525. The van der Waals surface area contributed by atoms with E-state index in [-0.39, 0.29) is 18.6 Å². The first-order chi connectivity index (χ1) is 14.1. The molecule has 3 rings (SSSR count). The monoisotopic (exact) mass is 407 g/mol. The fraction of sp³-hybridized carbons (Fsp3) is 0.375. The average Bonchev–Trinajstić information content (AvgIpc) is 3.14. The molecule has 0 radical (unpaired) electrons. The SMILES string of the molecule is Cc1ccc(-c2noc(CN(C(=O)c3cccc(OC(C)C)c3)C(C)(C)C)n2)cc1. The van der Waals surface area contributed by atoms with Crippen LogP contribution in [0.25, 0.3) is 11.4 Å². The number of hydrogen-bond acceptors (Lipinski definition) is 5. The third-order valence-corrected chi connectivity index (χ3v) is 4.58. The van der Waals surface area contributed by atoms with E-state index in [1.165, 1.54) is 0 Å². The highest BCUT2D eigenvalue weighted by Crippen LogP contribution is 2.24. The van der Waals surface area contributed by atoms with Crippen LogP contribution in [0.15, 0.2) is 53.1 Å². The molecule has 0 aliphatic heterocycles. The van der Waals surface area contributed by atoms with Crippen molar-refractivity contribution >= 4 is 5.91 Å². The lowest BCUT2D eigenvalue weighted by Crippen LogP contribution is -2.45. The maximum Gasteiger partial charge on any atom is 0.254 e. The molecule has 1 amide bonds. The summed E-state index contributed by atoms with van der Waals surface area (Å²) in [6.45, 7) is 12.1. The second-order valence-electron chi connectivity index (χ2n) is 8.63. The van der Waals surface area contributed by atoms with Gasteiger partial charge in [-0.3, -0.25) is 4.79 Å². The fourth-order valence-corrected chi connectivity index (χ4v) is 3.02. The van der Waals surface area contributed by atoms with Gasteiger partial charge in [0.05, 0.1) is 6.10 Å². The molecule has 1 aromatic heterocycles.